The summed E-state index contributed by atoms with van der Waals surface area (Å²) in [5.41, 5.74) is 1.41. The summed E-state index contributed by atoms with van der Waals surface area (Å²) in [4.78, 5) is 4.65. The normalized spacial score (nSPS) is 20.4. The van der Waals surface area contributed by atoms with Crippen LogP contribution in [-0.4, -0.2) is 29.1 Å². The van der Waals surface area contributed by atoms with Gasteiger partial charge in [-0.15, -0.1) is 0 Å². The third-order valence-electron chi connectivity index (χ3n) is 4.14. The van der Waals surface area contributed by atoms with Gasteiger partial charge in [-0.3, -0.25) is 4.99 Å². The van der Waals surface area contributed by atoms with Gasteiger partial charge in [0.15, 0.2) is 0 Å². The van der Waals surface area contributed by atoms with Crippen LogP contribution in [0.4, 0.5) is 0 Å². The average molecular weight is 301 g/mol. The SMILES string of the molecule is CCCC(O)(CC)COc1ccc(C2=NC(C)CC=C2)cc1. The summed E-state index contributed by atoms with van der Waals surface area (Å²) in [6, 6.07) is 8.31. The maximum Gasteiger partial charge on any atom is 0.119 e. The summed E-state index contributed by atoms with van der Waals surface area (Å²) in [7, 11) is 0. The lowest BCUT2D eigenvalue weighted by atomic mass is 9.96. The van der Waals surface area contributed by atoms with E-state index in [2.05, 4.69) is 31.0 Å². The van der Waals surface area contributed by atoms with Crippen molar-refractivity contribution in [2.45, 2.75) is 58.1 Å². The second-order valence-corrected chi connectivity index (χ2v) is 6.14. The fourth-order valence-corrected chi connectivity index (χ4v) is 2.64. The summed E-state index contributed by atoms with van der Waals surface area (Å²) >= 11 is 0. The van der Waals surface area contributed by atoms with E-state index in [1.807, 2.05) is 31.2 Å². The number of allylic oxidation sites excluding steroid dienone is 1. The molecule has 3 nitrogen and oxygen atoms in total. The van der Waals surface area contributed by atoms with Crippen molar-refractivity contribution in [3.63, 3.8) is 0 Å². The molecule has 22 heavy (non-hydrogen) atoms. The molecule has 1 N–H and O–H groups in total. The number of hydrogen-bond acceptors (Lipinski definition) is 3. The molecule has 2 unspecified atom stereocenters. The van der Waals surface area contributed by atoms with Crippen LogP contribution in [0, 0.1) is 0 Å². The third-order valence-corrected chi connectivity index (χ3v) is 4.14. The minimum absolute atomic E-state index is 0.342. The zero-order valence-corrected chi connectivity index (χ0v) is 13.9. The standard InChI is InChI=1S/C19H27NO2/c1-4-13-19(21,5-2)14-22-17-11-9-16(10-12-17)18-8-6-7-15(3)20-18/h6,8-12,15,21H,4-5,7,13-14H2,1-3H3. The number of dihydropyridines is 1. The van der Waals surface area contributed by atoms with Crippen LogP contribution in [0.3, 0.4) is 0 Å². The number of benzene rings is 1. The van der Waals surface area contributed by atoms with E-state index in [9.17, 15) is 5.11 Å². The van der Waals surface area contributed by atoms with Gasteiger partial charge in [0.05, 0.1) is 17.4 Å². The molecule has 0 amide bonds. The fourth-order valence-electron chi connectivity index (χ4n) is 2.64. The predicted octanol–water partition coefficient (Wildman–Crippen LogP) is 4.14. The van der Waals surface area contributed by atoms with Crippen molar-refractivity contribution in [1.29, 1.82) is 0 Å². The van der Waals surface area contributed by atoms with E-state index >= 15 is 0 Å². The van der Waals surface area contributed by atoms with Gasteiger partial charge in [-0.25, -0.2) is 0 Å². The summed E-state index contributed by atoms with van der Waals surface area (Å²) in [5, 5.41) is 10.4. The molecule has 1 aliphatic rings. The van der Waals surface area contributed by atoms with Gasteiger partial charge in [0.1, 0.15) is 12.4 Å². The van der Waals surface area contributed by atoms with Crippen LogP contribution in [0.2, 0.25) is 0 Å². The van der Waals surface area contributed by atoms with Crippen molar-refractivity contribution in [2.75, 3.05) is 6.61 Å². The molecule has 1 aromatic rings. The lowest BCUT2D eigenvalue weighted by molar-refractivity contribution is -0.0158. The topological polar surface area (TPSA) is 41.8 Å². The molecule has 1 aliphatic heterocycles. The largest absolute Gasteiger partial charge is 0.491 e. The Kier molecular flexibility index (Phi) is 5.78. The minimum atomic E-state index is -0.723. The van der Waals surface area contributed by atoms with Gasteiger partial charge in [0.2, 0.25) is 0 Å². The van der Waals surface area contributed by atoms with Crippen LogP contribution in [0.15, 0.2) is 41.4 Å². The molecule has 0 fully saturated rings. The molecule has 3 heteroatoms. The zero-order chi connectivity index (χ0) is 16.0. The van der Waals surface area contributed by atoms with Gasteiger partial charge in [-0.2, -0.15) is 0 Å². The van der Waals surface area contributed by atoms with Gasteiger partial charge >= 0.3 is 0 Å². The quantitative estimate of drug-likeness (QED) is 0.822. The van der Waals surface area contributed by atoms with Crippen LogP contribution < -0.4 is 4.74 Å². The minimum Gasteiger partial charge on any atom is -0.491 e. The molecule has 2 atom stereocenters. The van der Waals surface area contributed by atoms with Crippen molar-refractivity contribution < 1.29 is 9.84 Å². The summed E-state index contributed by atoms with van der Waals surface area (Å²) < 4.78 is 5.77. The van der Waals surface area contributed by atoms with Gasteiger partial charge in [-0.05, 0) is 62.1 Å². The first kappa shape index (κ1) is 16.8. The highest BCUT2D eigenvalue weighted by Gasteiger charge is 2.24. The van der Waals surface area contributed by atoms with E-state index in [0.717, 1.165) is 36.3 Å². The Morgan fingerprint density at radius 2 is 2.00 bits per heavy atom. The Balaban J connectivity index is 1.99. The fraction of sp³-hybridized carbons (Fsp3) is 0.526. The Bertz CT molecular complexity index is 533. The maximum atomic E-state index is 10.4. The first-order valence-corrected chi connectivity index (χ1v) is 8.26. The number of nitrogens with zero attached hydrogens (tertiary/aromatic N) is 1. The molecule has 0 bridgehead atoms. The van der Waals surface area contributed by atoms with E-state index in [-0.39, 0.29) is 0 Å². The van der Waals surface area contributed by atoms with Crippen molar-refractivity contribution in [2.24, 2.45) is 4.99 Å². The van der Waals surface area contributed by atoms with Crippen molar-refractivity contribution in [1.82, 2.24) is 0 Å². The number of rotatable bonds is 7. The number of hydrogen-bond donors (Lipinski definition) is 1. The van der Waals surface area contributed by atoms with E-state index in [0.29, 0.717) is 19.1 Å². The van der Waals surface area contributed by atoms with E-state index in [1.54, 1.807) is 0 Å². The molecule has 0 aliphatic carbocycles. The van der Waals surface area contributed by atoms with E-state index in [4.69, 9.17) is 4.74 Å². The average Bonchev–Trinajstić information content (AvgIpc) is 2.54. The molecule has 0 saturated heterocycles. The predicted molar refractivity (Wildman–Crippen MR) is 91.8 cm³/mol. The van der Waals surface area contributed by atoms with Gasteiger partial charge in [0.25, 0.3) is 0 Å². The van der Waals surface area contributed by atoms with Gasteiger partial charge < -0.3 is 9.84 Å². The van der Waals surface area contributed by atoms with Crippen LogP contribution in [0.25, 0.3) is 0 Å². The van der Waals surface area contributed by atoms with Crippen LogP contribution in [-0.2, 0) is 0 Å². The number of aliphatic imine (C=N–C) groups is 1. The van der Waals surface area contributed by atoms with Gasteiger partial charge in [0, 0.05) is 0 Å². The molecule has 0 radical (unpaired) electrons. The van der Waals surface area contributed by atoms with E-state index < -0.39 is 5.60 Å². The van der Waals surface area contributed by atoms with Crippen molar-refractivity contribution in [3.8, 4) is 5.75 Å². The molecule has 120 valence electrons. The van der Waals surface area contributed by atoms with Crippen molar-refractivity contribution in [3.05, 3.63) is 42.0 Å². The third kappa shape index (κ3) is 4.44. The summed E-state index contributed by atoms with van der Waals surface area (Å²) in [5.74, 6) is 0.792. The highest BCUT2D eigenvalue weighted by atomic mass is 16.5. The molecule has 0 aromatic heterocycles. The highest BCUT2D eigenvalue weighted by molar-refractivity contribution is 6.09. The second-order valence-electron chi connectivity index (χ2n) is 6.14. The summed E-state index contributed by atoms with van der Waals surface area (Å²) in [6.07, 6.45) is 7.69. The maximum absolute atomic E-state index is 10.4. The molecule has 1 heterocycles. The smallest absolute Gasteiger partial charge is 0.119 e. The molecule has 0 spiro atoms. The molecular weight excluding hydrogens is 274 g/mol. The number of aliphatic hydroxyl groups is 1. The highest BCUT2D eigenvalue weighted by Crippen LogP contribution is 2.21. The Hall–Kier alpha value is -1.61. The second kappa shape index (κ2) is 7.59. The van der Waals surface area contributed by atoms with Crippen LogP contribution in [0.1, 0.15) is 52.0 Å². The summed E-state index contributed by atoms with van der Waals surface area (Å²) in [6.45, 7) is 6.54. The molecular formula is C19H27NO2. The van der Waals surface area contributed by atoms with Crippen LogP contribution in [0.5, 0.6) is 5.75 Å². The monoisotopic (exact) mass is 301 g/mol. The molecule has 1 aromatic carbocycles. The Labute approximate surface area is 133 Å². The lowest BCUT2D eigenvalue weighted by Crippen LogP contribution is -2.35. The lowest BCUT2D eigenvalue weighted by Gasteiger charge is -2.26. The first-order valence-electron chi connectivity index (χ1n) is 8.26. The Morgan fingerprint density at radius 1 is 1.27 bits per heavy atom. The zero-order valence-electron chi connectivity index (χ0n) is 13.9. The Morgan fingerprint density at radius 3 is 2.59 bits per heavy atom. The molecule has 0 saturated carbocycles. The van der Waals surface area contributed by atoms with Crippen molar-refractivity contribution >= 4 is 5.71 Å². The molecule has 2 rings (SSSR count). The van der Waals surface area contributed by atoms with Crippen LogP contribution >= 0.6 is 0 Å². The van der Waals surface area contributed by atoms with E-state index in [1.165, 1.54) is 0 Å². The first-order chi connectivity index (χ1) is 10.6. The number of ether oxygens (including phenoxy) is 1. The van der Waals surface area contributed by atoms with Gasteiger partial charge in [-0.1, -0.05) is 26.3 Å².